The molecule has 30 heavy (non-hydrogen) atoms. The maximum atomic E-state index is 13.7. The first kappa shape index (κ1) is 20.6. The third-order valence-electron chi connectivity index (χ3n) is 6.23. The SMILES string of the molecule is Cc1cccc(C2(C(=O)N[C@@H](C)c3nc4ccccc4n3C(C)C)CCOCC2)c1. The Hall–Kier alpha value is -2.66. The number of hydrogen-bond acceptors (Lipinski definition) is 3. The van der Waals surface area contributed by atoms with E-state index in [1.807, 2.05) is 31.2 Å². The van der Waals surface area contributed by atoms with Crippen LogP contribution in [0.4, 0.5) is 0 Å². The van der Waals surface area contributed by atoms with Gasteiger partial charge < -0.3 is 14.6 Å². The molecule has 158 valence electrons. The van der Waals surface area contributed by atoms with Crippen molar-refractivity contribution < 1.29 is 9.53 Å². The second-order valence-electron chi connectivity index (χ2n) is 8.68. The van der Waals surface area contributed by atoms with Gasteiger partial charge in [0.1, 0.15) is 5.82 Å². The lowest BCUT2D eigenvalue weighted by molar-refractivity contribution is -0.131. The number of hydrogen-bond donors (Lipinski definition) is 1. The van der Waals surface area contributed by atoms with Gasteiger partial charge in [-0.2, -0.15) is 0 Å². The van der Waals surface area contributed by atoms with E-state index >= 15 is 0 Å². The highest BCUT2D eigenvalue weighted by Crippen LogP contribution is 2.36. The number of ether oxygens (including phenoxy) is 1. The molecular formula is C25H31N3O2. The molecule has 0 radical (unpaired) electrons. The minimum absolute atomic E-state index is 0.0614. The number of nitrogens with zero attached hydrogens (tertiary/aromatic N) is 2. The number of nitrogens with one attached hydrogen (secondary N) is 1. The summed E-state index contributed by atoms with van der Waals surface area (Å²) in [4.78, 5) is 18.6. The van der Waals surface area contributed by atoms with Gasteiger partial charge in [-0.1, -0.05) is 42.0 Å². The fourth-order valence-electron chi connectivity index (χ4n) is 4.62. The quantitative estimate of drug-likeness (QED) is 0.660. The molecule has 1 atom stereocenters. The Bertz CT molecular complexity index is 1050. The second kappa shape index (κ2) is 8.23. The van der Waals surface area contributed by atoms with Gasteiger partial charge >= 0.3 is 0 Å². The van der Waals surface area contributed by atoms with Gasteiger partial charge in [-0.15, -0.1) is 0 Å². The zero-order valence-electron chi connectivity index (χ0n) is 18.3. The van der Waals surface area contributed by atoms with E-state index < -0.39 is 5.41 Å². The fourth-order valence-corrected chi connectivity index (χ4v) is 4.62. The van der Waals surface area contributed by atoms with Crippen LogP contribution in [0.15, 0.2) is 48.5 Å². The normalized spacial score (nSPS) is 17.2. The Morgan fingerprint density at radius 3 is 2.53 bits per heavy atom. The van der Waals surface area contributed by atoms with Gasteiger partial charge in [0.25, 0.3) is 0 Å². The first-order valence-electron chi connectivity index (χ1n) is 10.8. The molecule has 1 amide bonds. The van der Waals surface area contributed by atoms with Gasteiger partial charge in [0, 0.05) is 19.3 Å². The topological polar surface area (TPSA) is 56.2 Å². The first-order valence-corrected chi connectivity index (χ1v) is 10.8. The van der Waals surface area contributed by atoms with E-state index in [1.165, 1.54) is 5.56 Å². The van der Waals surface area contributed by atoms with E-state index in [2.05, 4.69) is 54.9 Å². The summed E-state index contributed by atoms with van der Waals surface area (Å²) >= 11 is 0. The Morgan fingerprint density at radius 2 is 1.83 bits per heavy atom. The van der Waals surface area contributed by atoms with Crippen molar-refractivity contribution in [2.45, 2.75) is 58.0 Å². The maximum Gasteiger partial charge on any atom is 0.231 e. The number of rotatable bonds is 5. The number of carbonyl (C=O) groups is 1. The monoisotopic (exact) mass is 405 g/mol. The Morgan fingerprint density at radius 1 is 1.10 bits per heavy atom. The van der Waals surface area contributed by atoms with Crippen LogP contribution >= 0.6 is 0 Å². The van der Waals surface area contributed by atoms with Gasteiger partial charge in [-0.05, 0) is 58.2 Å². The molecule has 1 saturated heterocycles. The van der Waals surface area contributed by atoms with E-state index in [0.29, 0.717) is 26.1 Å². The minimum Gasteiger partial charge on any atom is -0.381 e. The molecule has 4 rings (SSSR count). The molecule has 0 aliphatic carbocycles. The van der Waals surface area contributed by atoms with Gasteiger partial charge in [-0.3, -0.25) is 4.79 Å². The summed E-state index contributed by atoms with van der Waals surface area (Å²) in [6.45, 7) is 9.60. The molecule has 0 bridgehead atoms. The molecule has 1 aliphatic rings. The van der Waals surface area contributed by atoms with Crippen molar-refractivity contribution in [3.05, 3.63) is 65.5 Å². The van der Waals surface area contributed by atoms with Crippen LogP contribution in [0.5, 0.6) is 0 Å². The van der Waals surface area contributed by atoms with Crippen molar-refractivity contribution in [2.75, 3.05) is 13.2 Å². The fraction of sp³-hybridized carbons (Fsp3) is 0.440. The molecule has 1 fully saturated rings. The summed E-state index contributed by atoms with van der Waals surface area (Å²) in [6, 6.07) is 16.5. The van der Waals surface area contributed by atoms with Crippen LogP contribution in [-0.2, 0) is 14.9 Å². The number of para-hydroxylation sites is 2. The lowest BCUT2D eigenvalue weighted by Crippen LogP contribution is -2.49. The molecule has 0 unspecified atom stereocenters. The molecule has 1 aliphatic heterocycles. The van der Waals surface area contributed by atoms with Crippen LogP contribution in [0.1, 0.15) is 62.6 Å². The van der Waals surface area contributed by atoms with Crippen molar-refractivity contribution in [3.8, 4) is 0 Å². The predicted octanol–water partition coefficient (Wildman–Crippen LogP) is 4.85. The number of imidazole rings is 1. The second-order valence-corrected chi connectivity index (χ2v) is 8.68. The molecule has 0 saturated carbocycles. The first-order chi connectivity index (χ1) is 14.4. The van der Waals surface area contributed by atoms with Crippen LogP contribution in [0.3, 0.4) is 0 Å². The van der Waals surface area contributed by atoms with E-state index in [-0.39, 0.29) is 18.0 Å². The van der Waals surface area contributed by atoms with Crippen LogP contribution in [0.25, 0.3) is 11.0 Å². The zero-order valence-corrected chi connectivity index (χ0v) is 18.3. The van der Waals surface area contributed by atoms with E-state index in [0.717, 1.165) is 22.4 Å². The minimum atomic E-state index is -0.562. The standard InChI is InChI=1S/C25H31N3O2/c1-17(2)28-22-11-6-5-10-21(22)27-23(28)19(4)26-24(29)25(12-14-30-15-13-25)20-9-7-8-18(3)16-20/h5-11,16-17,19H,12-15H2,1-4H3,(H,26,29)/t19-/m0/s1. The summed E-state index contributed by atoms with van der Waals surface area (Å²) in [7, 11) is 0. The average Bonchev–Trinajstić information content (AvgIpc) is 3.14. The number of benzene rings is 2. The Balaban J connectivity index is 1.68. The van der Waals surface area contributed by atoms with Gasteiger partial charge in [-0.25, -0.2) is 4.98 Å². The zero-order chi connectivity index (χ0) is 21.3. The number of aryl methyl sites for hydroxylation is 1. The van der Waals surface area contributed by atoms with Crippen molar-refractivity contribution >= 4 is 16.9 Å². The van der Waals surface area contributed by atoms with Crippen molar-refractivity contribution in [3.63, 3.8) is 0 Å². The summed E-state index contributed by atoms with van der Waals surface area (Å²) < 4.78 is 7.84. The van der Waals surface area contributed by atoms with Crippen molar-refractivity contribution in [1.29, 1.82) is 0 Å². The van der Waals surface area contributed by atoms with E-state index in [4.69, 9.17) is 9.72 Å². The summed E-state index contributed by atoms with van der Waals surface area (Å²) in [5, 5.41) is 3.30. The molecule has 2 aromatic carbocycles. The highest BCUT2D eigenvalue weighted by Gasteiger charge is 2.42. The Labute approximate surface area is 178 Å². The van der Waals surface area contributed by atoms with E-state index in [1.54, 1.807) is 0 Å². The highest BCUT2D eigenvalue weighted by atomic mass is 16.5. The van der Waals surface area contributed by atoms with Crippen molar-refractivity contribution in [1.82, 2.24) is 14.9 Å². The lowest BCUT2D eigenvalue weighted by Gasteiger charge is -2.37. The summed E-state index contributed by atoms with van der Waals surface area (Å²) in [5.41, 5.74) is 3.74. The number of amides is 1. The smallest absolute Gasteiger partial charge is 0.231 e. The molecule has 3 aromatic rings. The van der Waals surface area contributed by atoms with Crippen LogP contribution in [0.2, 0.25) is 0 Å². The number of aromatic nitrogens is 2. The van der Waals surface area contributed by atoms with E-state index in [9.17, 15) is 4.79 Å². The molecule has 0 spiro atoms. The predicted molar refractivity (Wildman–Crippen MR) is 120 cm³/mol. The molecule has 5 nitrogen and oxygen atoms in total. The van der Waals surface area contributed by atoms with Crippen molar-refractivity contribution in [2.24, 2.45) is 0 Å². The largest absolute Gasteiger partial charge is 0.381 e. The Kier molecular flexibility index (Phi) is 5.65. The molecule has 1 N–H and O–H groups in total. The summed E-state index contributed by atoms with van der Waals surface area (Å²) in [6.07, 6.45) is 1.38. The number of fused-ring (bicyclic) bond motifs is 1. The molecular weight excluding hydrogens is 374 g/mol. The molecule has 2 heterocycles. The molecule has 1 aromatic heterocycles. The van der Waals surface area contributed by atoms with Gasteiger partial charge in [0.2, 0.25) is 5.91 Å². The average molecular weight is 406 g/mol. The highest BCUT2D eigenvalue weighted by molar-refractivity contribution is 5.89. The number of carbonyl (C=O) groups excluding carboxylic acids is 1. The third-order valence-corrected chi connectivity index (χ3v) is 6.23. The van der Waals surface area contributed by atoms with Crippen LogP contribution in [0, 0.1) is 6.92 Å². The van der Waals surface area contributed by atoms with Crippen LogP contribution < -0.4 is 5.32 Å². The summed E-state index contributed by atoms with van der Waals surface area (Å²) in [5.74, 6) is 0.956. The van der Waals surface area contributed by atoms with Gasteiger partial charge in [0.15, 0.2) is 0 Å². The maximum absolute atomic E-state index is 13.7. The third kappa shape index (κ3) is 3.63. The van der Waals surface area contributed by atoms with Gasteiger partial charge in [0.05, 0.1) is 22.5 Å². The van der Waals surface area contributed by atoms with Crippen LogP contribution in [-0.4, -0.2) is 28.7 Å². The lowest BCUT2D eigenvalue weighted by atomic mass is 9.73. The molecule has 5 heteroatoms.